The van der Waals surface area contributed by atoms with Gasteiger partial charge in [-0.2, -0.15) is 0 Å². The molecule has 0 saturated carbocycles. The number of amides is 1. The second kappa shape index (κ2) is 8.52. The fourth-order valence-electron chi connectivity index (χ4n) is 3.72. The Morgan fingerprint density at radius 1 is 1.04 bits per heavy atom. The van der Waals surface area contributed by atoms with Gasteiger partial charge < -0.3 is 14.5 Å². The third kappa shape index (κ3) is 4.97. The predicted octanol–water partition coefficient (Wildman–Crippen LogP) is 3.77. The van der Waals surface area contributed by atoms with Crippen molar-refractivity contribution in [1.82, 2.24) is 9.80 Å². The Morgan fingerprint density at radius 3 is 2.38 bits per heavy atom. The van der Waals surface area contributed by atoms with Crippen LogP contribution >= 0.6 is 0 Å². The van der Waals surface area contributed by atoms with Crippen LogP contribution in [0, 0.1) is 11.8 Å². The summed E-state index contributed by atoms with van der Waals surface area (Å²) < 4.78 is 5.44. The maximum Gasteiger partial charge on any atom is 0.410 e. The van der Waals surface area contributed by atoms with Gasteiger partial charge in [-0.05, 0) is 56.2 Å². The second-order valence-electron chi connectivity index (χ2n) is 7.45. The number of nitrogens with zero attached hydrogens (tertiary/aromatic N) is 2. The van der Waals surface area contributed by atoms with Crippen LogP contribution in [-0.4, -0.2) is 48.6 Å². The predicted molar refractivity (Wildman–Crippen MR) is 95.8 cm³/mol. The first-order valence-electron chi connectivity index (χ1n) is 9.38. The van der Waals surface area contributed by atoms with Crippen molar-refractivity contribution in [3.05, 3.63) is 35.9 Å². The first-order valence-corrected chi connectivity index (χ1v) is 9.38. The molecule has 0 unspecified atom stereocenters. The minimum Gasteiger partial charge on any atom is -0.445 e. The van der Waals surface area contributed by atoms with Gasteiger partial charge in [-0.25, -0.2) is 4.79 Å². The summed E-state index contributed by atoms with van der Waals surface area (Å²) in [5, 5.41) is 0. The van der Waals surface area contributed by atoms with Crippen LogP contribution in [0.3, 0.4) is 0 Å². The Labute approximate surface area is 145 Å². The average molecular weight is 330 g/mol. The van der Waals surface area contributed by atoms with E-state index in [-0.39, 0.29) is 6.09 Å². The average Bonchev–Trinajstić information content (AvgIpc) is 2.63. The minimum absolute atomic E-state index is 0.163. The van der Waals surface area contributed by atoms with Crippen molar-refractivity contribution >= 4 is 6.09 Å². The molecule has 0 aliphatic carbocycles. The van der Waals surface area contributed by atoms with Crippen LogP contribution in [0.5, 0.6) is 0 Å². The molecule has 0 radical (unpaired) electrons. The molecule has 2 fully saturated rings. The van der Waals surface area contributed by atoms with E-state index >= 15 is 0 Å². The van der Waals surface area contributed by atoms with Crippen LogP contribution in [0.15, 0.2) is 30.3 Å². The van der Waals surface area contributed by atoms with E-state index < -0.39 is 0 Å². The zero-order valence-electron chi connectivity index (χ0n) is 14.8. The fourth-order valence-corrected chi connectivity index (χ4v) is 3.72. The van der Waals surface area contributed by atoms with E-state index in [2.05, 4.69) is 11.8 Å². The van der Waals surface area contributed by atoms with Crippen molar-refractivity contribution in [2.75, 3.05) is 32.7 Å². The van der Waals surface area contributed by atoms with Crippen molar-refractivity contribution in [3.8, 4) is 0 Å². The molecule has 0 bridgehead atoms. The summed E-state index contributed by atoms with van der Waals surface area (Å²) in [6.45, 7) is 8.11. The van der Waals surface area contributed by atoms with Gasteiger partial charge in [0.15, 0.2) is 0 Å². The number of ether oxygens (including phenoxy) is 1. The Hall–Kier alpha value is -1.55. The highest BCUT2D eigenvalue weighted by atomic mass is 16.6. The number of carbonyl (C=O) groups is 1. The Kier molecular flexibility index (Phi) is 6.13. The van der Waals surface area contributed by atoms with Crippen molar-refractivity contribution in [3.63, 3.8) is 0 Å². The van der Waals surface area contributed by atoms with E-state index in [4.69, 9.17) is 4.74 Å². The van der Waals surface area contributed by atoms with E-state index in [9.17, 15) is 4.79 Å². The first-order chi connectivity index (χ1) is 11.7. The quantitative estimate of drug-likeness (QED) is 0.842. The molecule has 1 aromatic rings. The van der Waals surface area contributed by atoms with Crippen LogP contribution in [0.4, 0.5) is 4.79 Å². The molecule has 4 nitrogen and oxygen atoms in total. The zero-order valence-corrected chi connectivity index (χ0v) is 14.8. The highest BCUT2D eigenvalue weighted by Gasteiger charge is 2.26. The number of benzene rings is 1. The van der Waals surface area contributed by atoms with Crippen molar-refractivity contribution < 1.29 is 9.53 Å². The Balaban J connectivity index is 1.36. The molecule has 4 heteroatoms. The number of piperidine rings is 2. The maximum atomic E-state index is 12.2. The van der Waals surface area contributed by atoms with Gasteiger partial charge in [0.2, 0.25) is 0 Å². The number of carbonyl (C=O) groups excluding carboxylic acids is 1. The molecular weight excluding hydrogens is 300 g/mol. The van der Waals surface area contributed by atoms with Crippen LogP contribution in [-0.2, 0) is 11.3 Å². The van der Waals surface area contributed by atoms with Gasteiger partial charge in [-0.1, -0.05) is 37.3 Å². The molecule has 2 aliphatic heterocycles. The zero-order chi connectivity index (χ0) is 16.8. The molecule has 0 atom stereocenters. The molecule has 2 saturated heterocycles. The van der Waals surface area contributed by atoms with Crippen LogP contribution in [0.1, 0.15) is 38.2 Å². The van der Waals surface area contributed by atoms with Gasteiger partial charge in [0.05, 0.1) is 0 Å². The summed E-state index contributed by atoms with van der Waals surface area (Å²) in [6.07, 6.45) is 4.72. The standard InChI is InChI=1S/C20H30N2O2/c1-17-7-11-21(12-8-17)15-18-9-13-22(14-10-18)20(23)24-16-19-5-3-2-4-6-19/h2-6,17-18H,7-16H2,1H3. The molecule has 2 heterocycles. The molecule has 3 rings (SSSR count). The van der Waals surface area contributed by atoms with E-state index in [1.807, 2.05) is 35.2 Å². The molecule has 132 valence electrons. The maximum absolute atomic E-state index is 12.2. The molecular formula is C20H30N2O2. The van der Waals surface area contributed by atoms with Crippen molar-refractivity contribution in [2.45, 2.75) is 39.2 Å². The number of hydrogen-bond donors (Lipinski definition) is 0. The summed E-state index contributed by atoms with van der Waals surface area (Å²) in [5.74, 6) is 1.62. The first kappa shape index (κ1) is 17.3. The van der Waals surface area contributed by atoms with E-state index in [1.54, 1.807) is 0 Å². The molecule has 0 N–H and O–H groups in total. The normalized spacial score (nSPS) is 21.0. The largest absolute Gasteiger partial charge is 0.445 e. The molecule has 2 aliphatic rings. The van der Waals surface area contributed by atoms with Gasteiger partial charge in [-0.15, -0.1) is 0 Å². The van der Waals surface area contributed by atoms with Crippen molar-refractivity contribution in [2.24, 2.45) is 11.8 Å². The number of hydrogen-bond acceptors (Lipinski definition) is 3. The summed E-state index contributed by atoms with van der Waals surface area (Å²) in [5.41, 5.74) is 1.04. The molecule has 0 aromatic heterocycles. The lowest BCUT2D eigenvalue weighted by molar-refractivity contribution is 0.0742. The van der Waals surface area contributed by atoms with Gasteiger partial charge in [0, 0.05) is 19.6 Å². The number of likely N-dealkylation sites (tertiary alicyclic amines) is 2. The monoisotopic (exact) mass is 330 g/mol. The van der Waals surface area contributed by atoms with Crippen LogP contribution in [0.25, 0.3) is 0 Å². The van der Waals surface area contributed by atoms with E-state index in [0.717, 1.165) is 43.3 Å². The molecule has 24 heavy (non-hydrogen) atoms. The van der Waals surface area contributed by atoms with Gasteiger partial charge in [0.1, 0.15) is 6.61 Å². The van der Waals surface area contributed by atoms with Gasteiger partial charge >= 0.3 is 6.09 Å². The smallest absolute Gasteiger partial charge is 0.410 e. The summed E-state index contributed by atoms with van der Waals surface area (Å²) in [6, 6.07) is 9.88. The molecule has 0 spiro atoms. The van der Waals surface area contributed by atoms with Crippen LogP contribution in [0.2, 0.25) is 0 Å². The van der Waals surface area contributed by atoms with Gasteiger partial charge in [0.25, 0.3) is 0 Å². The highest BCUT2D eigenvalue weighted by molar-refractivity contribution is 5.67. The van der Waals surface area contributed by atoms with Crippen LogP contribution < -0.4 is 0 Å². The second-order valence-corrected chi connectivity index (χ2v) is 7.45. The number of rotatable bonds is 4. The molecule has 1 amide bonds. The summed E-state index contributed by atoms with van der Waals surface area (Å²) in [7, 11) is 0. The van der Waals surface area contributed by atoms with Crippen molar-refractivity contribution in [1.29, 1.82) is 0 Å². The van der Waals surface area contributed by atoms with Gasteiger partial charge in [-0.3, -0.25) is 0 Å². The lowest BCUT2D eigenvalue weighted by Gasteiger charge is -2.36. The minimum atomic E-state index is -0.163. The lowest BCUT2D eigenvalue weighted by atomic mass is 9.93. The third-order valence-corrected chi connectivity index (χ3v) is 5.47. The fraction of sp³-hybridized carbons (Fsp3) is 0.650. The Morgan fingerprint density at radius 2 is 1.71 bits per heavy atom. The topological polar surface area (TPSA) is 32.8 Å². The lowest BCUT2D eigenvalue weighted by Crippen LogP contribution is -2.43. The highest BCUT2D eigenvalue weighted by Crippen LogP contribution is 2.22. The molecule has 1 aromatic carbocycles. The summed E-state index contributed by atoms with van der Waals surface area (Å²) in [4.78, 5) is 16.7. The summed E-state index contributed by atoms with van der Waals surface area (Å²) >= 11 is 0. The van der Waals surface area contributed by atoms with E-state index in [1.165, 1.54) is 32.5 Å². The van der Waals surface area contributed by atoms with E-state index in [0.29, 0.717) is 6.61 Å². The Bertz CT molecular complexity index is 504. The SMILES string of the molecule is CC1CCN(CC2CCN(C(=O)OCc3ccccc3)CC2)CC1. The third-order valence-electron chi connectivity index (χ3n) is 5.47.